The number of rotatable bonds is 8. The molecule has 18 heavy (non-hydrogen) atoms. The van der Waals surface area contributed by atoms with Crippen molar-refractivity contribution < 1.29 is 0 Å². The van der Waals surface area contributed by atoms with Crippen LogP contribution in [0.1, 0.15) is 78.6 Å². The van der Waals surface area contributed by atoms with Gasteiger partial charge in [-0.25, -0.2) is 0 Å². The molecule has 1 N–H and O–H groups in total. The second kappa shape index (κ2) is 8.19. The minimum absolute atomic E-state index is 0.605. The quantitative estimate of drug-likeness (QED) is 0.641. The highest BCUT2D eigenvalue weighted by Gasteiger charge is 2.38. The van der Waals surface area contributed by atoms with Gasteiger partial charge in [-0.2, -0.15) is 0 Å². The molecule has 0 amide bonds. The van der Waals surface area contributed by atoms with E-state index in [9.17, 15) is 0 Å². The van der Waals surface area contributed by atoms with Crippen molar-refractivity contribution >= 4 is 0 Å². The van der Waals surface area contributed by atoms with Gasteiger partial charge in [0.05, 0.1) is 0 Å². The van der Waals surface area contributed by atoms with Crippen LogP contribution >= 0.6 is 0 Å². The normalized spacial score (nSPS) is 30.3. The first-order valence-electron chi connectivity index (χ1n) is 8.33. The van der Waals surface area contributed by atoms with Gasteiger partial charge in [-0.3, -0.25) is 0 Å². The molecule has 0 aromatic heterocycles. The zero-order chi connectivity index (χ0) is 13.4. The molecule has 1 fully saturated rings. The zero-order valence-corrected chi connectivity index (χ0v) is 13.2. The highest BCUT2D eigenvalue weighted by atomic mass is 14.8. The van der Waals surface area contributed by atoms with Crippen molar-refractivity contribution in [2.75, 3.05) is 13.6 Å². The molecule has 1 atom stereocenters. The van der Waals surface area contributed by atoms with Crippen molar-refractivity contribution in [3.63, 3.8) is 0 Å². The number of nitrogens with one attached hydrogen (secondary N) is 1. The van der Waals surface area contributed by atoms with Crippen molar-refractivity contribution in [1.29, 1.82) is 0 Å². The van der Waals surface area contributed by atoms with Crippen LogP contribution in [0.3, 0.4) is 0 Å². The summed E-state index contributed by atoms with van der Waals surface area (Å²) in [6.45, 7) is 8.37. The zero-order valence-electron chi connectivity index (χ0n) is 13.2. The van der Waals surface area contributed by atoms with Crippen molar-refractivity contribution in [2.24, 2.45) is 17.3 Å². The third kappa shape index (κ3) is 4.26. The minimum Gasteiger partial charge on any atom is -0.319 e. The molecule has 1 unspecified atom stereocenters. The predicted molar refractivity (Wildman–Crippen MR) is 81.9 cm³/mol. The summed E-state index contributed by atoms with van der Waals surface area (Å²) in [6.07, 6.45) is 12.9. The summed E-state index contributed by atoms with van der Waals surface area (Å²) in [7, 11) is 2.13. The number of unbranched alkanes of at least 4 members (excludes halogenated alkanes) is 1. The molecule has 0 bridgehead atoms. The number of hydrogen-bond acceptors (Lipinski definition) is 1. The summed E-state index contributed by atoms with van der Waals surface area (Å²) in [5.41, 5.74) is 0.605. The lowest BCUT2D eigenvalue weighted by Gasteiger charge is -2.45. The molecule has 0 aliphatic heterocycles. The van der Waals surface area contributed by atoms with E-state index < -0.39 is 0 Å². The molecule has 1 aliphatic carbocycles. The van der Waals surface area contributed by atoms with E-state index in [0.717, 1.165) is 11.8 Å². The topological polar surface area (TPSA) is 12.0 Å². The summed E-state index contributed by atoms with van der Waals surface area (Å²) in [5.74, 6) is 1.92. The van der Waals surface area contributed by atoms with Gasteiger partial charge >= 0.3 is 0 Å². The second-order valence-corrected chi connectivity index (χ2v) is 6.67. The van der Waals surface area contributed by atoms with Gasteiger partial charge in [-0.1, -0.05) is 52.9 Å². The molecule has 0 saturated heterocycles. The van der Waals surface area contributed by atoms with Gasteiger partial charge in [-0.15, -0.1) is 0 Å². The Labute approximate surface area is 115 Å². The maximum absolute atomic E-state index is 3.48. The molecule has 0 spiro atoms. The van der Waals surface area contributed by atoms with Crippen LogP contribution in [-0.4, -0.2) is 13.6 Å². The lowest BCUT2D eigenvalue weighted by atomic mass is 9.62. The van der Waals surface area contributed by atoms with E-state index in [1.54, 1.807) is 0 Å². The highest BCUT2D eigenvalue weighted by molar-refractivity contribution is 4.90. The molecular weight excluding hydrogens is 218 g/mol. The summed E-state index contributed by atoms with van der Waals surface area (Å²) in [4.78, 5) is 0. The van der Waals surface area contributed by atoms with E-state index in [2.05, 4.69) is 33.1 Å². The lowest BCUT2D eigenvalue weighted by molar-refractivity contribution is 0.0739. The summed E-state index contributed by atoms with van der Waals surface area (Å²) >= 11 is 0. The lowest BCUT2D eigenvalue weighted by Crippen LogP contribution is -2.41. The molecule has 0 heterocycles. The van der Waals surface area contributed by atoms with Crippen LogP contribution in [-0.2, 0) is 0 Å². The van der Waals surface area contributed by atoms with Crippen LogP contribution in [0.25, 0.3) is 0 Å². The van der Waals surface area contributed by atoms with Crippen molar-refractivity contribution in [2.45, 2.75) is 78.6 Å². The minimum atomic E-state index is 0.605. The van der Waals surface area contributed by atoms with Crippen molar-refractivity contribution in [1.82, 2.24) is 5.32 Å². The molecular formula is C17H35N. The Morgan fingerprint density at radius 2 is 1.83 bits per heavy atom. The first kappa shape index (κ1) is 16.0. The van der Waals surface area contributed by atoms with E-state index in [1.807, 2.05) is 0 Å². The second-order valence-electron chi connectivity index (χ2n) is 6.67. The van der Waals surface area contributed by atoms with Gasteiger partial charge in [0.1, 0.15) is 0 Å². The van der Waals surface area contributed by atoms with Crippen LogP contribution < -0.4 is 5.32 Å². The molecule has 1 rings (SSSR count). The van der Waals surface area contributed by atoms with Gasteiger partial charge in [0.25, 0.3) is 0 Å². The van der Waals surface area contributed by atoms with Gasteiger partial charge in [0.2, 0.25) is 0 Å². The first-order chi connectivity index (χ1) is 8.68. The van der Waals surface area contributed by atoms with Crippen LogP contribution in [0, 0.1) is 17.3 Å². The molecule has 0 radical (unpaired) electrons. The van der Waals surface area contributed by atoms with Crippen LogP contribution in [0.5, 0.6) is 0 Å². The smallest absolute Gasteiger partial charge is 0.000736 e. The predicted octanol–water partition coefficient (Wildman–Crippen LogP) is 5.01. The van der Waals surface area contributed by atoms with E-state index in [0.29, 0.717) is 5.41 Å². The maximum Gasteiger partial charge on any atom is 0.000736 e. The summed E-state index contributed by atoms with van der Waals surface area (Å²) in [6, 6.07) is 0. The van der Waals surface area contributed by atoms with Gasteiger partial charge in [0.15, 0.2) is 0 Å². The third-order valence-corrected chi connectivity index (χ3v) is 5.36. The molecule has 0 aromatic rings. The van der Waals surface area contributed by atoms with Crippen LogP contribution in [0.4, 0.5) is 0 Å². The molecule has 0 aromatic carbocycles. The standard InChI is InChI=1S/C17H35N/c1-5-7-9-16-10-12-17(13-11-16,14-18-4)15(3)8-6-2/h15-16,18H,5-14H2,1-4H3. The molecule has 1 heteroatoms. The Bertz CT molecular complexity index is 204. The molecule has 1 aliphatic rings. The van der Waals surface area contributed by atoms with E-state index in [-0.39, 0.29) is 0 Å². The fourth-order valence-electron chi connectivity index (χ4n) is 3.97. The highest BCUT2D eigenvalue weighted by Crippen LogP contribution is 2.46. The van der Waals surface area contributed by atoms with E-state index in [4.69, 9.17) is 0 Å². The fourth-order valence-corrected chi connectivity index (χ4v) is 3.97. The Kier molecular flexibility index (Phi) is 7.29. The Morgan fingerprint density at radius 1 is 1.17 bits per heavy atom. The Hall–Kier alpha value is -0.0400. The van der Waals surface area contributed by atoms with Gasteiger partial charge in [0, 0.05) is 6.54 Å². The first-order valence-corrected chi connectivity index (χ1v) is 8.33. The molecule has 1 nitrogen and oxygen atoms in total. The Morgan fingerprint density at radius 3 is 2.33 bits per heavy atom. The molecule has 108 valence electrons. The van der Waals surface area contributed by atoms with E-state index in [1.165, 1.54) is 64.3 Å². The van der Waals surface area contributed by atoms with Gasteiger partial charge < -0.3 is 5.32 Å². The summed E-state index contributed by atoms with van der Waals surface area (Å²) in [5, 5.41) is 3.48. The SMILES string of the molecule is CCCCC1CCC(CNC)(C(C)CCC)CC1. The van der Waals surface area contributed by atoms with Crippen LogP contribution in [0.15, 0.2) is 0 Å². The maximum atomic E-state index is 3.48. The fraction of sp³-hybridized carbons (Fsp3) is 1.00. The van der Waals surface area contributed by atoms with Gasteiger partial charge in [-0.05, 0) is 50.0 Å². The van der Waals surface area contributed by atoms with Crippen molar-refractivity contribution in [3.05, 3.63) is 0 Å². The van der Waals surface area contributed by atoms with E-state index >= 15 is 0 Å². The molecule has 1 saturated carbocycles. The average molecular weight is 253 g/mol. The van der Waals surface area contributed by atoms with Crippen LogP contribution in [0.2, 0.25) is 0 Å². The Balaban J connectivity index is 2.50. The van der Waals surface area contributed by atoms with Crippen molar-refractivity contribution in [3.8, 4) is 0 Å². The third-order valence-electron chi connectivity index (χ3n) is 5.36. The average Bonchev–Trinajstić information content (AvgIpc) is 2.38. The monoisotopic (exact) mass is 253 g/mol. The largest absolute Gasteiger partial charge is 0.319 e. The number of hydrogen-bond donors (Lipinski definition) is 1. The summed E-state index contributed by atoms with van der Waals surface area (Å²) < 4.78 is 0.